The van der Waals surface area contributed by atoms with Crippen LogP contribution in [-0.2, 0) is 34.3 Å². The van der Waals surface area contributed by atoms with Crippen molar-refractivity contribution in [1.29, 1.82) is 0 Å². The van der Waals surface area contributed by atoms with E-state index in [1.165, 1.54) is 48.5 Å². The second kappa shape index (κ2) is 12.1. The number of hydrogen-bond donors (Lipinski definition) is 0. The Morgan fingerprint density at radius 1 is 0.520 bits per heavy atom. The summed E-state index contributed by atoms with van der Waals surface area (Å²) in [6, 6.07) is 38.9. The van der Waals surface area contributed by atoms with Crippen molar-refractivity contribution in [3.8, 4) is 22.3 Å². The van der Waals surface area contributed by atoms with E-state index >= 15 is 0 Å². The van der Waals surface area contributed by atoms with E-state index in [0.29, 0.717) is 12.8 Å². The predicted octanol–water partition coefficient (Wildman–Crippen LogP) is 8.54. The summed E-state index contributed by atoms with van der Waals surface area (Å²) >= 11 is -6.03. The fourth-order valence-corrected chi connectivity index (χ4v) is 25.4. The van der Waals surface area contributed by atoms with E-state index < -0.39 is 44.6 Å². The van der Waals surface area contributed by atoms with Crippen LogP contribution in [0.2, 0.25) is 13.1 Å². The Morgan fingerprint density at radius 2 is 0.900 bits per heavy atom. The fourth-order valence-electron chi connectivity index (χ4n) is 7.94. The van der Waals surface area contributed by atoms with Crippen LogP contribution in [-0.4, -0.2) is 18.1 Å². The van der Waals surface area contributed by atoms with Gasteiger partial charge in [-0.25, -0.2) is 0 Å². The van der Waals surface area contributed by atoms with Crippen molar-refractivity contribution in [1.82, 2.24) is 0 Å². The zero-order chi connectivity index (χ0) is 34.6. The second-order valence-electron chi connectivity index (χ2n) is 13.2. The summed E-state index contributed by atoms with van der Waals surface area (Å²) in [4.78, 5) is 29.4. The van der Waals surface area contributed by atoms with E-state index in [9.17, 15) is 18.4 Å². The molecule has 0 saturated heterocycles. The summed E-state index contributed by atoms with van der Waals surface area (Å²) in [6.07, 6.45) is -0.847. The van der Waals surface area contributed by atoms with Gasteiger partial charge in [0.1, 0.15) is 0 Å². The average molecular weight is 715 g/mol. The summed E-state index contributed by atoms with van der Waals surface area (Å²) < 4.78 is 44.2. The molecule has 0 bridgehead atoms. The number of fused-ring (bicyclic) bond motifs is 6. The number of halogens is 2. The molecule has 8 heteroatoms. The van der Waals surface area contributed by atoms with Gasteiger partial charge < -0.3 is 0 Å². The molecule has 0 amide bonds. The Labute approximate surface area is 291 Å². The van der Waals surface area contributed by atoms with E-state index in [4.69, 9.17) is 6.64 Å². The normalized spacial score (nSPS) is 12.7. The molecule has 0 aliphatic heterocycles. The maximum absolute atomic E-state index is 14.7. The van der Waals surface area contributed by atoms with E-state index in [1.54, 1.807) is 0 Å². The van der Waals surface area contributed by atoms with Crippen LogP contribution >= 0.6 is 0 Å². The first-order valence-corrected chi connectivity index (χ1v) is 24.2. The summed E-state index contributed by atoms with van der Waals surface area (Å²) in [6.45, 7) is 4.11. The quantitative estimate of drug-likeness (QED) is 0.162. The molecule has 6 aromatic carbocycles. The van der Waals surface area contributed by atoms with Crippen LogP contribution in [0.3, 0.4) is 0 Å². The van der Waals surface area contributed by atoms with Gasteiger partial charge >= 0.3 is 292 Å². The van der Waals surface area contributed by atoms with Gasteiger partial charge in [0.15, 0.2) is 0 Å². The van der Waals surface area contributed by atoms with E-state index in [0.717, 1.165) is 52.2 Å². The zero-order valence-electron chi connectivity index (χ0n) is 27.5. The van der Waals surface area contributed by atoms with Gasteiger partial charge in [0.2, 0.25) is 0 Å². The molecule has 2 aliphatic carbocycles. The molecule has 0 atom stereocenters. The van der Waals surface area contributed by atoms with Crippen LogP contribution in [0.15, 0.2) is 133 Å². The molecule has 0 aromatic heterocycles. The minimum absolute atomic E-state index is 0.148. The van der Waals surface area contributed by atoms with Crippen LogP contribution in [0.25, 0.3) is 22.3 Å². The number of carbonyl (C=O) groups excluding carboxylic acids is 2. The van der Waals surface area contributed by atoms with Crippen molar-refractivity contribution in [3.63, 3.8) is 0 Å². The molecular formula is C42H32F2O4SiTi. The van der Waals surface area contributed by atoms with Gasteiger partial charge in [-0.3, -0.25) is 0 Å². The molecule has 6 aromatic rings. The van der Waals surface area contributed by atoms with E-state index in [2.05, 4.69) is 49.5 Å². The maximum atomic E-state index is 14.7. The monoisotopic (exact) mass is 714 g/mol. The number of benzene rings is 6. The predicted molar refractivity (Wildman–Crippen MR) is 190 cm³/mol. The molecule has 4 nitrogen and oxygen atoms in total. The molecule has 0 spiro atoms. The minimum atomic E-state index is -6.03. The molecular weight excluding hydrogens is 682 g/mol. The van der Waals surface area contributed by atoms with Crippen LogP contribution in [0.1, 0.15) is 43.0 Å². The van der Waals surface area contributed by atoms with Crippen molar-refractivity contribution < 1.29 is 39.8 Å². The summed E-state index contributed by atoms with van der Waals surface area (Å²) in [5, 5.41) is 0. The molecule has 0 heterocycles. The van der Waals surface area contributed by atoms with Crippen molar-refractivity contribution in [2.24, 2.45) is 0 Å². The van der Waals surface area contributed by atoms with Crippen molar-refractivity contribution in [2.45, 2.75) is 25.9 Å². The fraction of sp³-hybridized carbons (Fsp3) is 0.0952. The first kappa shape index (κ1) is 32.3. The molecule has 246 valence electrons. The number of carbonyl (C=O) groups is 2. The zero-order valence-corrected chi connectivity index (χ0v) is 30.1. The van der Waals surface area contributed by atoms with Crippen LogP contribution < -0.4 is 7.74 Å². The third kappa shape index (κ3) is 4.87. The SMILES string of the molecule is C[Si](C)=[Ti]([O]C(=O)c1ccc(F)cc1)([O]C(=O)c1ccc(F)cc1)([c]1cccc2c1Cc1ccccc1-2)[c]1cccc2c1Cc1ccccc1-2. The van der Waals surface area contributed by atoms with Gasteiger partial charge in [0, 0.05) is 0 Å². The van der Waals surface area contributed by atoms with Crippen LogP contribution in [0.5, 0.6) is 0 Å². The number of hydrogen-bond acceptors (Lipinski definition) is 4. The summed E-state index contributed by atoms with van der Waals surface area (Å²) in [7, 11) is 0. The Morgan fingerprint density at radius 3 is 1.30 bits per heavy atom. The molecule has 8 rings (SSSR count). The Balaban J connectivity index is 1.50. The number of rotatable bonds is 6. The third-order valence-corrected chi connectivity index (χ3v) is 30.0. The topological polar surface area (TPSA) is 52.6 Å². The molecule has 0 N–H and O–H groups in total. The molecule has 0 saturated carbocycles. The standard InChI is InChI=1S/2C13H9.2C7H5FO2.C2H6Si.Ti/c2*1-3-7-12-10(5-1)9-11-6-2-4-8-13(11)12;2*8-6-3-1-5(2-4-6)7(9)10;1-3-2;/h2*1-5,7-8H,9H2;2*1-4H,(H,9,10);1-2H3;/q;;;;;+2/p-2. The second-order valence-corrected chi connectivity index (χ2v) is 29.3. The Kier molecular flexibility index (Phi) is 7.83. The van der Waals surface area contributed by atoms with Gasteiger partial charge in [0.05, 0.1) is 0 Å². The molecule has 0 unspecified atom stereocenters. The van der Waals surface area contributed by atoms with Gasteiger partial charge in [0.25, 0.3) is 0 Å². The Hall–Kier alpha value is -4.95. The molecule has 0 radical (unpaired) electrons. The van der Waals surface area contributed by atoms with Crippen molar-refractivity contribution in [2.75, 3.05) is 0 Å². The Bertz CT molecular complexity index is 2280. The van der Waals surface area contributed by atoms with Crippen molar-refractivity contribution in [3.05, 3.63) is 178 Å². The van der Waals surface area contributed by atoms with Crippen molar-refractivity contribution >= 4 is 25.9 Å². The van der Waals surface area contributed by atoms with Crippen LogP contribution in [0.4, 0.5) is 8.78 Å². The first-order chi connectivity index (χ1) is 24.2. The summed E-state index contributed by atoms with van der Waals surface area (Å²) in [5.41, 5.74) is 8.65. The molecule has 0 fully saturated rings. The van der Waals surface area contributed by atoms with Gasteiger partial charge in [-0.15, -0.1) is 0 Å². The van der Waals surface area contributed by atoms with E-state index in [-0.39, 0.29) is 11.1 Å². The molecule has 50 heavy (non-hydrogen) atoms. The first-order valence-electron chi connectivity index (χ1n) is 16.6. The summed E-state index contributed by atoms with van der Waals surface area (Å²) in [5.74, 6) is -2.36. The molecule has 2 aliphatic rings. The van der Waals surface area contributed by atoms with Gasteiger partial charge in [-0.2, -0.15) is 0 Å². The van der Waals surface area contributed by atoms with E-state index in [1.807, 2.05) is 48.5 Å². The van der Waals surface area contributed by atoms with Gasteiger partial charge in [-0.05, 0) is 0 Å². The van der Waals surface area contributed by atoms with Gasteiger partial charge in [-0.1, -0.05) is 0 Å². The average Bonchev–Trinajstić information content (AvgIpc) is 3.70. The third-order valence-electron chi connectivity index (χ3n) is 10.3. The van der Waals surface area contributed by atoms with Crippen LogP contribution in [0, 0.1) is 11.6 Å².